The highest BCUT2D eigenvalue weighted by atomic mass is 79.9. The van der Waals surface area contributed by atoms with Gasteiger partial charge in [0.15, 0.2) is 0 Å². The van der Waals surface area contributed by atoms with Crippen LogP contribution in [0.4, 0.5) is 0 Å². The highest BCUT2D eigenvalue weighted by Crippen LogP contribution is 2.24. The molecular weight excluding hydrogens is 344 g/mol. The second-order valence-corrected chi connectivity index (χ2v) is 7.25. The number of aromatic nitrogens is 1. The van der Waals surface area contributed by atoms with Crippen molar-refractivity contribution < 1.29 is 0 Å². The number of halogens is 2. The molecule has 17 heavy (non-hydrogen) atoms. The van der Waals surface area contributed by atoms with Crippen LogP contribution in [0.15, 0.2) is 21.2 Å². The third kappa shape index (κ3) is 5.06. The van der Waals surface area contributed by atoms with Gasteiger partial charge >= 0.3 is 0 Å². The highest BCUT2D eigenvalue weighted by Gasteiger charge is 2.19. The van der Waals surface area contributed by atoms with Gasteiger partial charge in [-0.15, -0.1) is 0 Å². The van der Waals surface area contributed by atoms with Crippen LogP contribution in [0.5, 0.6) is 0 Å². The van der Waals surface area contributed by atoms with E-state index in [2.05, 4.69) is 69.9 Å². The molecule has 2 nitrogen and oxygen atoms in total. The molecule has 0 amide bonds. The molecule has 0 spiro atoms. The van der Waals surface area contributed by atoms with Crippen molar-refractivity contribution in [3.63, 3.8) is 0 Å². The van der Waals surface area contributed by atoms with Gasteiger partial charge in [0.1, 0.15) is 0 Å². The van der Waals surface area contributed by atoms with E-state index in [-0.39, 0.29) is 0 Å². The maximum absolute atomic E-state index is 4.38. The smallest absolute Gasteiger partial charge is 0.0684 e. The van der Waals surface area contributed by atoms with Gasteiger partial charge in [0.25, 0.3) is 0 Å². The van der Waals surface area contributed by atoms with Crippen molar-refractivity contribution in [2.45, 2.75) is 34.2 Å². The lowest BCUT2D eigenvalue weighted by Crippen LogP contribution is -2.29. The van der Waals surface area contributed by atoms with Gasteiger partial charge < -0.3 is 5.32 Å². The Balaban J connectivity index is 2.46. The van der Waals surface area contributed by atoms with Crippen LogP contribution in [-0.4, -0.2) is 11.5 Å². The Morgan fingerprint density at radius 1 is 1.35 bits per heavy atom. The van der Waals surface area contributed by atoms with E-state index >= 15 is 0 Å². The lowest BCUT2D eigenvalue weighted by molar-refractivity contribution is 0.252. The van der Waals surface area contributed by atoms with Crippen LogP contribution in [0.25, 0.3) is 0 Å². The third-order valence-corrected chi connectivity index (χ3v) is 4.23. The van der Waals surface area contributed by atoms with E-state index in [0.29, 0.717) is 11.3 Å². The number of nitrogens with one attached hydrogen (secondary N) is 1. The van der Waals surface area contributed by atoms with E-state index in [1.54, 1.807) is 0 Å². The van der Waals surface area contributed by atoms with Gasteiger partial charge in [0.05, 0.1) is 5.69 Å². The first-order valence-corrected chi connectivity index (χ1v) is 7.40. The molecule has 1 atom stereocenters. The predicted octanol–water partition coefficient (Wildman–Crippen LogP) is 4.38. The fraction of sp³-hybridized carbons (Fsp3) is 0.615. The zero-order valence-electron chi connectivity index (χ0n) is 10.8. The summed E-state index contributed by atoms with van der Waals surface area (Å²) in [4.78, 5) is 4.38. The molecule has 0 aromatic carbocycles. The van der Waals surface area contributed by atoms with Gasteiger partial charge in [-0.3, -0.25) is 4.98 Å². The van der Waals surface area contributed by atoms with Gasteiger partial charge in [0, 0.05) is 21.7 Å². The molecule has 0 saturated carbocycles. The van der Waals surface area contributed by atoms with E-state index in [1.165, 1.54) is 0 Å². The average Bonchev–Trinajstić information content (AvgIpc) is 2.19. The molecule has 1 unspecified atom stereocenters. The van der Waals surface area contributed by atoms with Crippen LogP contribution < -0.4 is 5.32 Å². The zero-order valence-corrected chi connectivity index (χ0v) is 14.0. The van der Waals surface area contributed by atoms with E-state index < -0.39 is 0 Å². The van der Waals surface area contributed by atoms with Gasteiger partial charge in [-0.1, -0.05) is 27.7 Å². The molecule has 1 N–H and O–H groups in total. The Labute approximate surface area is 121 Å². The molecular formula is C13H20Br2N2. The maximum atomic E-state index is 4.38. The fourth-order valence-corrected chi connectivity index (χ4v) is 2.41. The van der Waals surface area contributed by atoms with Crippen molar-refractivity contribution in [2.24, 2.45) is 11.3 Å². The first kappa shape index (κ1) is 15.1. The minimum Gasteiger partial charge on any atom is -0.311 e. The monoisotopic (exact) mass is 362 g/mol. The van der Waals surface area contributed by atoms with E-state index in [1.807, 2.05) is 12.3 Å². The van der Waals surface area contributed by atoms with Crippen LogP contribution in [0, 0.1) is 11.3 Å². The van der Waals surface area contributed by atoms with E-state index in [9.17, 15) is 0 Å². The summed E-state index contributed by atoms with van der Waals surface area (Å²) in [5.41, 5.74) is 1.39. The van der Waals surface area contributed by atoms with Crippen molar-refractivity contribution in [2.75, 3.05) is 6.54 Å². The Morgan fingerprint density at radius 2 is 2.00 bits per heavy atom. The van der Waals surface area contributed by atoms with Crippen LogP contribution in [0.1, 0.15) is 33.4 Å². The molecule has 0 saturated heterocycles. The van der Waals surface area contributed by atoms with Crippen molar-refractivity contribution in [1.29, 1.82) is 0 Å². The van der Waals surface area contributed by atoms with Crippen molar-refractivity contribution >= 4 is 31.9 Å². The normalized spacial score (nSPS) is 13.8. The second-order valence-electron chi connectivity index (χ2n) is 5.48. The van der Waals surface area contributed by atoms with Crippen molar-refractivity contribution in [3.05, 3.63) is 26.9 Å². The van der Waals surface area contributed by atoms with Gasteiger partial charge in [-0.25, -0.2) is 0 Å². The van der Waals surface area contributed by atoms with Crippen LogP contribution >= 0.6 is 31.9 Å². The molecule has 1 aromatic rings. The first-order valence-electron chi connectivity index (χ1n) is 5.81. The first-order chi connectivity index (χ1) is 7.80. The molecule has 4 heteroatoms. The minimum absolute atomic E-state index is 0.345. The maximum Gasteiger partial charge on any atom is 0.0684 e. The van der Waals surface area contributed by atoms with Gasteiger partial charge in [-0.05, 0) is 55.8 Å². The van der Waals surface area contributed by atoms with Crippen LogP contribution in [0.3, 0.4) is 0 Å². The van der Waals surface area contributed by atoms with Crippen LogP contribution in [0.2, 0.25) is 0 Å². The van der Waals surface area contributed by atoms with Gasteiger partial charge in [-0.2, -0.15) is 0 Å². The topological polar surface area (TPSA) is 24.9 Å². The Hall–Kier alpha value is 0.0700. The number of hydrogen-bond acceptors (Lipinski definition) is 2. The van der Waals surface area contributed by atoms with Crippen molar-refractivity contribution in [1.82, 2.24) is 10.3 Å². The van der Waals surface area contributed by atoms with E-state index in [0.717, 1.165) is 27.7 Å². The molecule has 0 aliphatic rings. The number of nitrogens with zero attached hydrogens (tertiary/aromatic N) is 1. The molecule has 0 aliphatic carbocycles. The molecule has 1 rings (SSSR count). The Bertz CT molecular complexity index is 372. The summed E-state index contributed by atoms with van der Waals surface area (Å²) in [6.07, 6.45) is 1.83. The molecule has 0 radical (unpaired) electrons. The largest absolute Gasteiger partial charge is 0.311 e. The predicted molar refractivity (Wildman–Crippen MR) is 80.0 cm³/mol. The summed E-state index contributed by atoms with van der Waals surface area (Å²) in [5.74, 6) is 0.636. The van der Waals surface area contributed by atoms with Gasteiger partial charge in [0.2, 0.25) is 0 Å². The van der Waals surface area contributed by atoms with Crippen molar-refractivity contribution in [3.8, 4) is 0 Å². The quantitative estimate of drug-likeness (QED) is 0.858. The Morgan fingerprint density at radius 3 is 2.53 bits per heavy atom. The summed E-state index contributed by atoms with van der Waals surface area (Å²) in [6.45, 7) is 10.9. The molecule has 0 bridgehead atoms. The minimum atomic E-state index is 0.345. The number of hydrogen-bond donors (Lipinski definition) is 1. The lowest BCUT2D eigenvalue weighted by Gasteiger charge is -2.27. The molecule has 1 aromatic heterocycles. The number of pyridine rings is 1. The fourth-order valence-electron chi connectivity index (χ4n) is 1.29. The highest BCUT2D eigenvalue weighted by molar-refractivity contribution is 9.11. The van der Waals surface area contributed by atoms with E-state index in [4.69, 9.17) is 0 Å². The summed E-state index contributed by atoms with van der Waals surface area (Å²) in [5, 5.41) is 3.46. The van der Waals surface area contributed by atoms with Crippen LogP contribution in [-0.2, 0) is 6.54 Å². The molecule has 0 fully saturated rings. The summed E-state index contributed by atoms with van der Waals surface area (Å²) >= 11 is 6.92. The Kier molecular flexibility index (Phi) is 5.61. The third-order valence-electron chi connectivity index (χ3n) is 3.11. The molecule has 1 heterocycles. The summed E-state index contributed by atoms with van der Waals surface area (Å²) in [6, 6.07) is 2.03. The lowest BCUT2D eigenvalue weighted by atomic mass is 9.82. The second kappa shape index (κ2) is 6.30. The molecule has 0 aliphatic heterocycles. The zero-order chi connectivity index (χ0) is 13.1. The summed E-state index contributed by atoms with van der Waals surface area (Å²) < 4.78 is 2.04. The summed E-state index contributed by atoms with van der Waals surface area (Å²) in [7, 11) is 0. The molecule has 96 valence electrons. The SMILES string of the molecule is CC(CNCc1ncc(Br)cc1Br)C(C)(C)C. The standard InChI is InChI=1S/C13H20Br2N2/c1-9(13(2,3)4)6-16-8-12-11(15)5-10(14)7-17-12/h5,7,9,16H,6,8H2,1-4H3. The average molecular weight is 364 g/mol. The number of rotatable bonds is 4.